The molecule has 1 aromatic carbocycles. The van der Waals surface area contributed by atoms with Crippen molar-refractivity contribution in [3.63, 3.8) is 0 Å². The third kappa shape index (κ3) is 14.5. The van der Waals surface area contributed by atoms with Gasteiger partial charge in [-0.15, -0.1) is 0 Å². The number of hydrogen-bond donors (Lipinski definition) is 4. The highest BCUT2D eigenvalue weighted by Crippen LogP contribution is 2.27. The topological polar surface area (TPSA) is 200 Å². The van der Waals surface area contributed by atoms with Gasteiger partial charge in [0.05, 0.1) is 47.3 Å². The van der Waals surface area contributed by atoms with Gasteiger partial charge in [-0.2, -0.15) is 0 Å². The summed E-state index contributed by atoms with van der Waals surface area (Å²) in [7, 11) is -9.93. The summed E-state index contributed by atoms with van der Waals surface area (Å²) < 4.78 is 64.0. The van der Waals surface area contributed by atoms with Crippen LogP contribution in [-0.4, -0.2) is 52.1 Å². The number of nitrogen functional groups attached to an aromatic ring is 2. The molecule has 0 aliphatic heterocycles. The maximum atomic E-state index is 10.7. The van der Waals surface area contributed by atoms with Gasteiger partial charge in [0, 0.05) is 0 Å². The van der Waals surface area contributed by atoms with E-state index in [0.717, 1.165) is 6.07 Å². The van der Waals surface area contributed by atoms with Gasteiger partial charge >= 0.3 is 0 Å². The lowest BCUT2D eigenvalue weighted by Crippen LogP contribution is -2.84. The van der Waals surface area contributed by atoms with Crippen molar-refractivity contribution in [3.05, 3.63) is 12.1 Å². The summed E-state index contributed by atoms with van der Waals surface area (Å²) in [5, 5.41) is 4.72. The fraction of sp³-hybridized carbons (Fsp3) is 0.667. The Hall–Kier alpha value is -1.44. The van der Waals surface area contributed by atoms with Crippen molar-refractivity contribution < 1.29 is 36.6 Å². The lowest BCUT2D eigenvalue weighted by molar-refractivity contribution is -0.654. The Morgan fingerprint density at radius 2 is 0.933 bits per heavy atom. The van der Waals surface area contributed by atoms with Gasteiger partial charge in [-0.05, 0) is 37.8 Å². The van der Waals surface area contributed by atoms with Crippen LogP contribution >= 0.6 is 0 Å². The number of quaternary nitrogens is 2. The van der Waals surface area contributed by atoms with E-state index in [1.807, 2.05) is 0 Å². The highest BCUT2D eigenvalue weighted by Gasteiger charge is 2.14. The Morgan fingerprint density at radius 3 is 1.13 bits per heavy atom. The SMILES string of the molecule is CCC[NH2+]CCC.CCC[NH2+]CCC.Nc1cc(N)c(S(=O)(=O)[O-])cc1S(=O)(=O)[O-]. The Bertz CT molecular complexity index is 728. The average Bonchev–Trinajstić information content (AvgIpc) is 2.61. The van der Waals surface area contributed by atoms with E-state index in [2.05, 4.69) is 38.3 Å². The molecule has 30 heavy (non-hydrogen) atoms. The van der Waals surface area contributed by atoms with Crippen LogP contribution in [-0.2, 0) is 20.2 Å². The van der Waals surface area contributed by atoms with E-state index >= 15 is 0 Å². The minimum Gasteiger partial charge on any atom is -0.744 e. The van der Waals surface area contributed by atoms with E-state index in [-0.39, 0.29) is 0 Å². The Morgan fingerprint density at radius 1 is 0.667 bits per heavy atom. The second-order valence-electron chi connectivity index (χ2n) is 6.57. The molecule has 0 aliphatic carbocycles. The van der Waals surface area contributed by atoms with Crippen LogP contribution in [0, 0.1) is 0 Å². The molecule has 1 aromatic rings. The molecular weight excluding hydrogens is 432 g/mol. The number of benzene rings is 1. The van der Waals surface area contributed by atoms with Gasteiger partial charge < -0.3 is 31.2 Å². The fourth-order valence-electron chi connectivity index (χ4n) is 2.13. The van der Waals surface area contributed by atoms with E-state index < -0.39 is 41.4 Å². The van der Waals surface area contributed by atoms with Gasteiger partial charge in [-0.1, -0.05) is 27.7 Å². The lowest BCUT2D eigenvalue weighted by atomic mass is 10.3. The van der Waals surface area contributed by atoms with E-state index in [1.54, 1.807) is 0 Å². The van der Waals surface area contributed by atoms with Crippen LogP contribution in [0.1, 0.15) is 53.4 Å². The predicted molar refractivity (Wildman–Crippen MR) is 116 cm³/mol. The number of hydrogen-bond acceptors (Lipinski definition) is 8. The molecule has 0 bridgehead atoms. The van der Waals surface area contributed by atoms with E-state index in [1.165, 1.54) is 51.9 Å². The molecule has 10 nitrogen and oxygen atoms in total. The van der Waals surface area contributed by atoms with Crippen LogP contribution in [0.3, 0.4) is 0 Å². The summed E-state index contributed by atoms with van der Waals surface area (Å²) in [4.78, 5) is -1.98. The summed E-state index contributed by atoms with van der Waals surface area (Å²) in [6.07, 6.45) is 5.22. The number of anilines is 2. The van der Waals surface area contributed by atoms with Crippen LogP contribution in [0.15, 0.2) is 21.9 Å². The molecule has 0 fully saturated rings. The molecule has 8 N–H and O–H groups in total. The molecule has 0 saturated carbocycles. The van der Waals surface area contributed by atoms with E-state index in [9.17, 15) is 25.9 Å². The van der Waals surface area contributed by atoms with Crippen molar-refractivity contribution in [1.82, 2.24) is 0 Å². The third-order valence-electron chi connectivity index (χ3n) is 3.65. The molecule has 1 rings (SSSR count). The minimum atomic E-state index is -4.97. The maximum Gasteiger partial charge on any atom is 0.126 e. The summed E-state index contributed by atoms with van der Waals surface area (Å²) in [6.45, 7) is 14.1. The monoisotopic (exact) mass is 470 g/mol. The molecule has 0 radical (unpaired) electrons. The normalized spacial score (nSPS) is 11.1. The largest absolute Gasteiger partial charge is 0.744 e. The van der Waals surface area contributed by atoms with Crippen LogP contribution in [0.4, 0.5) is 11.4 Å². The van der Waals surface area contributed by atoms with Crippen LogP contribution in [0.5, 0.6) is 0 Å². The van der Waals surface area contributed by atoms with Crippen LogP contribution < -0.4 is 22.1 Å². The Kier molecular flexibility index (Phi) is 16.7. The van der Waals surface area contributed by atoms with E-state index in [0.29, 0.717) is 6.07 Å². The quantitative estimate of drug-likeness (QED) is 0.197. The average molecular weight is 471 g/mol. The first-order valence-electron chi connectivity index (χ1n) is 10.1. The Balaban J connectivity index is 0. The van der Waals surface area contributed by atoms with Gasteiger partial charge in [0.25, 0.3) is 0 Å². The smallest absolute Gasteiger partial charge is 0.126 e. The molecule has 0 amide bonds. The van der Waals surface area contributed by atoms with Gasteiger partial charge in [0.1, 0.15) is 20.2 Å². The van der Waals surface area contributed by atoms with Crippen LogP contribution in [0.2, 0.25) is 0 Å². The van der Waals surface area contributed by atoms with Crippen LogP contribution in [0.25, 0.3) is 0 Å². The van der Waals surface area contributed by atoms with Gasteiger partial charge in [0.15, 0.2) is 0 Å². The minimum absolute atomic E-state index is 0.356. The lowest BCUT2D eigenvalue weighted by Gasteiger charge is -2.15. The zero-order chi connectivity index (χ0) is 23.8. The zero-order valence-corrected chi connectivity index (χ0v) is 20.0. The highest BCUT2D eigenvalue weighted by atomic mass is 32.2. The second kappa shape index (κ2) is 16.3. The van der Waals surface area contributed by atoms with E-state index in [4.69, 9.17) is 11.5 Å². The molecule has 0 saturated heterocycles. The first kappa shape index (κ1) is 30.8. The fourth-order valence-corrected chi connectivity index (χ4v) is 3.43. The summed E-state index contributed by atoms with van der Waals surface area (Å²) in [6, 6.07) is 1.09. The molecule has 0 heterocycles. The molecule has 12 heteroatoms. The predicted octanol–water partition coefficient (Wildman–Crippen LogP) is -0.601. The molecule has 178 valence electrons. The van der Waals surface area contributed by atoms with Crippen molar-refractivity contribution >= 4 is 31.6 Å². The van der Waals surface area contributed by atoms with Crippen molar-refractivity contribution in [1.29, 1.82) is 0 Å². The van der Waals surface area contributed by atoms with Gasteiger partial charge in [-0.3, -0.25) is 0 Å². The third-order valence-corrected chi connectivity index (χ3v) is 5.44. The second-order valence-corrected chi connectivity index (χ2v) is 9.26. The maximum absolute atomic E-state index is 10.7. The zero-order valence-electron chi connectivity index (χ0n) is 18.4. The number of rotatable bonds is 10. The van der Waals surface area contributed by atoms with Crippen molar-refractivity contribution in [2.45, 2.75) is 63.2 Å². The van der Waals surface area contributed by atoms with Crippen molar-refractivity contribution in [3.8, 4) is 0 Å². The standard InChI is InChI=1S/C6H8N2O6S2.2C6H15N/c7-3-1-4(8)6(16(12,13)14)2-5(3)15(9,10)11;2*1-3-5-7-6-4-2/h1-2H,7-8H2,(H,9,10,11)(H,12,13,14);2*7H,3-6H2,1-2H3. The van der Waals surface area contributed by atoms with Gasteiger partial charge in [-0.25, -0.2) is 16.8 Å². The summed E-state index contributed by atoms with van der Waals surface area (Å²) in [5.41, 5.74) is 9.30. The number of nitrogens with two attached hydrogens (primary N) is 4. The van der Waals surface area contributed by atoms with Gasteiger partial charge in [0.2, 0.25) is 0 Å². The molecule has 0 atom stereocenters. The highest BCUT2D eigenvalue weighted by molar-refractivity contribution is 7.86. The van der Waals surface area contributed by atoms with Crippen molar-refractivity contribution in [2.75, 3.05) is 37.6 Å². The molecule has 0 aliphatic rings. The molecule has 0 spiro atoms. The Labute approximate surface area is 181 Å². The first-order chi connectivity index (χ1) is 13.9. The molecular formula is C18H38N4O6S2. The summed E-state index contributed by atoms with van der Waals surface area (Å²) in [5.74, 6) is 0. The summed E-state index contributed by atoms with van der Waals surface area (Å²) >= 11 is 0. The first-order valence-corrected chi connectivity index (χ1v) is 12.9. The molecule has 0 aromatic heterocycles. The van der Waals surface area contributed by atoms with Crippen molar-refractivity contribution in [2.24, 2.45) is 0 Å². The molecule has 0 unspecified atom stereocenters.